The van der Waals surface area contributed by atoms with Crippen LogP contribution in [0.25, 0.3) is 6.08 Å². The van der Waals surface area contributed by atoms with Gasteiger partial charge in [-0.3, -0.25) is 9.59 Å². The molecule has 0 bridgehead atoms. The highest BCUT2D eigenvalue weighted by Gasteiger charge is 2.28. The molecule has 2 amide bonds. The fourth-order valence-corrected chi connectivity index (χ4v) is 3.33. The van der Waals surface area contributed by atoms with Gasteiger partial charge in [-0.1, -0.05) is 51.0 Å². The Balaban J connectivity index is 1.99. The molecule has 2 unspecified atom stereocenters. The monoisotopic (exact) mass is 342 g/mol. The molecule has 1 aliphatic heterocycles. The molecule has 0 radical (unpaired) electrons. The summed E-state index contributed by atoms with van der Waals surface area (Å²) in [6, 6.07) is 7.87. The average Bonchev–Trinajstić information content (AvgIpc) is 2.54. The Bertz CT molecular complexity index is 637. The lowest BCUT2D eigenvalue weighted by Crippen LogP contribution is -2.38. The van der Waals surface area contributed by atoms with Gasteiger partial charge in [0.15, 0.2) is 0 Å². The summed E-state index contributed by atoms with van der Waals surface area (Å²) in [6.45, 7) is 8.02. The molecule has 1 heterocycles. The van der Waals surface area contributed by atoms with Crippen LogP contribution in [-0.2, 0) is 9.59 Å². The van der Waals surface area contributed by atoms with Gasteiger partial charge in [-0.2, -0.15) is 0 Å². The van der Waals surface area contributed by atoms with Crippen LogP contribution in [0.2, 0.25) is 0 Å². The number of amides is 2. The molecule has 4 heteroatoms. The van der Waals surface area contributed by atoms with Gasteiger partial charge in [-0.05, 0) is 36.5 Å². The van der Waals surface area contributed by atoms with E-state index in [1.54, 1.807) is 11.1 Å². The van der Waals surface area contributed by atoms with Crippen LogP contribution in [0.3, 0.4) is 0 Å². The largest absolute Gasteiger partial charge is 0.354 e. The standard InChI is InChI=1S/C21H30N2O2/c1-15(2)8-7-9-16(3)22-21(25)14-20-19-11-6-5-10-18(19)12-13-23(20)17(4)24/h5-6,10-13,15-16,20H,7-9,14H2,1-4H3,(H,22,25). The van der Waals surface area contributed by atoms with E-state index in [1.165, 1.54) is 13.3 Å². The van der Waals surface area contributed by atoms with Crippen molar-refractivity contribution in [1.82, 2.24) is 10.2 Å². The number of carbonyl (C=O) groups is 2. The molecule has 0 saturated heterocycles. The second-order valence-corrected chi connectivity index (χ2v) is 7.38. The fourth-order valence-electron chi connectivity index (χ4n) is 3.33. The smallest absolute Gasteiger partial charge is 0.223 e. The number of hydrogen-bond donors (Lipinski definition) is 1. The van der Waals surface area contributed by atoms with Crippen molar-refractivity contribution in [2.24, 2.45) is 5.92 Å². The summed E-state index contributed by atoms with van der Waals surface area (Å²) >= 11 is 0. The predicted molar refractivity (Wildman–Crippen MR) is 102 cm³/mol. The van der Waals surface area contributed by atoms with Crippen molar-refractivity contribution in [2.45, 2.75) is 65.5 Å². The van der Waals surface area contributed by atoms with E-state index < -0.39 is 0 Å². The minimum atomic E-state index is -0.235. The predicted octanol–water partition coefficient (Wildman–Crippen LogP) is 4.28. The van der Waals surface area contributed by atoms with Gasteiger partial charge >= 0.3 is 0 Å². The van der Waals surface area contributed by atoms with Gasteiger partial charge in [0.05, 0.1) is 12.5 Å². The Labute approximate surface area is 151 Å². The van der Waals surface area contributed by atoms with Crippen LogP contribution >= 0.6 is 0 Å². The molecule has 0 saturated carbocycles. The number of hydrogen-bond acceptors (Lipinski definition) is 2. The highest BCUT2D eigenvalue weighted by molar-refractivity contribution is 5.81. The van der Waals surface area contributed by atoms with E-state index in [-0.39, 0.29) is 30.3 Å². The zero-order chi connectivity index (χ0) is 18.4. The van der Waals surface area contributed by atoms with Crippen molar-refractivity contribution in [3.63, 3.8) is 0 Å². The lowest BCUT2D eigenvalue weighted by molar-refractivity contribution is -0.130. The van der Waals surface area contributed by atoms with E-state index in [2.05, 4.69) is 26.1 Å². The molecular formula is C21H30N2O2. The average molecular weight is 342 g/mol. The van der Waals surface area contributed by atoms with Gasteiger partial charge in [-0.25, -0.2) is 0 Å². The molecule has 136 valence electrons. The van der Waals surface area contributed by atoms with Gasteiger partial charge in [0.25, 0.3) is 0 Å². The van der Waals surface area contributed by atoms with Gasteiger partial charge in [0.1, 0.15) is 0 Å². The first-order chi connectivity index (χ1) is 11.9. The summed E-state index contributed by atoms with van der Waals surface area (Å²) in [6.07, 6.45) is 7.29. The molecule has 1 aliphatic rings. The Morgan fingerprint density at radius 3 is 2.56 bits per heavy atom. The zero-order valence-corrected chi connectivity index (χ0v) is 15.8. The van der Waals surface area contributed by atoms with Crippen LogP contribution in [0.5, 0.6) is 0 Å². The summed E-state index contributed by atoms with van der Waals surface area (Å²) in [5.41, 5.74) is 2.10. The molecule has 4 nitrogen and oxygen atoms in total. The Kier molecular flexibility index (Phi) is 6.80. The normalized spacial score (nSPS) is 17.3. The summed E-state index contributed by atoms with van der Waals surface area (Å²) in [5, 5.41) is 3.09. The molecule has 2 atom stereocenters. The van der Waals surface area contributed by atoms with Crippen LogP contribution in [-0.4, -0.2) is 22.8 Å². The van der Waals surface area contributed by atoms with Crippen LogP contribution in [0.4, 0.5) is 0 Å². The SMILES string of the molecule is CC(=O)N1C=Cc2ccccc2C1CC(=O)NC(C)CCCC(C)C. The third-order valence-corrected chi connectivity index (χ3v) is 4.67. The van der Waals surface area contributed by atoms with Crippen molar-refractivity contribution in [1.29, 1.82) is 0 Å². The summed E-state index contributed by atoms with van der Waals surface area (Å²) in [7, 11) is 0. The van der Waals surface area contributed by atoms with E-state index in [9.17, 15) is 9.59 Å². The molecule has 2 rings (SSSR count). The minimum Gasteiger partial charge on any atom is -0.354 e. The maximum absolute atomic E-state index is 12.5. The molecule has 0 aliphatic carbocycles. The third-order valence-electron chi connectivity index (χ3n) is 4.67. The number of carbonyl (C=O) groups excluding carboxylic acids is 2. The highest BCUT2D eigenvalue weighted by atomic mass is 16.2. The lowest BCUT2D eigenvalue weighted by atomic mass is 9.93. The number of benzene rings is 1. The highest BCUT2D eigenvalue weighted by Crippen LogP contribution is 2.32. The van der Waals surface area contributed by atoms with Crippen molar-refractivity contribution in [3.8, 4) is 0 Å². The van der Waals surface area contributed by atoms with E-state index in [1.807, 2.05) is 30.3 Å². The quantitative estimate of drug-likeness (QED) is 0.804. The molecule has 0 fully saturated rings. The van der Waals surface area contributed by atoms with E-state index in [0.29, 0.717) is 5.92 Å². The van der Waals surface area contributed by atoms with Gasteiger partial charge < -0.3 is 10.2 Å². The fraction of sp³-hybridized carbons (Fsp3) is 0.524. The summed E-state index contributed by atoms with van der Waals surface area (Å²) < 4.78 is 0. The maximum Gasteiger partial charge on any atom is 0.223 e. The lowest BCUT2D eigenvalue weighted by Gasteiger charge is -2.32. The molecule has 0 spiro atoms. The Morgan fingerprint density at radius 2 is 1.88 bits per heavy atom. The van der Waals surface area contributed by atoms with Gasteiger partial charge in [-0.15, -0.1) is 0 Å². The zero-order valence-electron chi connectivity index (χ0n) is 15.8. The van der Waals surface area contributed by atoms with Crippen molar-refractivity contribution >= 4 is 17.9 Å². The maximum atomic E-state index is 12.5. The van der Waals surface area contributed by atoms with Crippen molar-refractivity contribution < 1.29 is 9.59 Å². The van der Waals surface area contributed by atoms with Gasteiger partial charge in [0, 0.05) is 19.2 Å². The summed E-state index contributed by atoms with van der Waals surface area (Å²) in [4.78, 5) is 26.2. The number of fused-ring (bicyclic) bond motifs is 1. The van der Waals surface area contributed by atoms with Crippen molar-refractivity contribution in [3.05, 3.63) is 41.6 Å². The first-order valence-corrected chi connectivity index (χ1v) is 9.24. The van der Waals surface area contributed by atoms with Crippen LogP contribution in [0.1, 0.15) is 70.5 Å². The first kappa shape index (κ1) is 19.2. The van der Waals surface area contributed by atoms with Crippen LogP contribution < -0.4 is 5.32 Å². The van der Waals surface area contributed by atoms with Crippen LogP contribution in [0.15, 0.2) is 30.5 Å². The number of nitrogens with one attached hydrogen (secondary N) is 1. The number of rotatable bonds is 7. The molecule has 1 aromatic rings. The summed E-state index contributed by atoms with van der Waals surface area (Å²) in [5.74, 6) is 0.643. The topological polar surface area (TPSA) is 49.4 Å². The molecule has 1 aromatic carbocycles. The first-order valence-electron chi connectivity index (χ1n) is 9.24. The van der Waals surface area contributed by atoms with E-state index in [0.717, 1.165) is 24.0 Å². The van der Waals surface area contributed by atoms with E-state index >= 15 is 0 Å². The minimum absolute atomic E-state index is 0.00148. The molecule has 0 aromatic heterocycles. The second-order valence-electron chi connectivity index (χ2n) is 7.38. The molecular weight excluding hydrogens is 312 g/mol. The third kappa shape index (κ3) is 5.45. The van der Waals surface area contributed by atoms with Gasteiger partial charge in [0.2, 0.25) is 11.8 Å². The van der Waals surface area contributed by atoms with Crippen LogP contribution in [0, 0.1) is 5.92 Å². The molecule has 25 heavy (non-hydrogen) atoms. The van der Waals surface area contributed by atoms with E-state index in [4.69, 9.17) is 0 Å². The number of nitrogens with zero attached hydrogens (tertiary/aromatic N) is 1. The van der Waals surface area contributed by atoms with Crippen molar-refractivity contribution in [2.75, 3.05) is 0 Å². The second kappa shape index (κ2) is 8.84. The molecule has 1 N–H and O–H groups in total. The Morgan fingerprint density at radius 1 is 1.16 bits per heavy atom. The Hall–Kier alpha value is -2.10.